The number of aryl methyl sites for hydroxylation is 1. The van der Waals surface area contributed by atoms with Crippen molar-refractivity contribution in [3.8, 4) is 5.75 Å². The van der Waals surface area contributed by atoms with Crippen LogP contribution in [0.4, 0.5) is 5.69 Å². The zero-order valence-electron chi connectivity index (χ0n) is 6.18. The van der Waals surface area contributed by atoms with Gasteiger partial charge < -0.3 is 10.4 Å². The Balaban J connectivity index is 3.06. The molecule has 0 unspecified atom stereocenters. The smallest absolute Gasteiger partial charge is 0.117 e. The molecule has 0 spiro atoms. The summed E-state index contributed by atoms with van der Waals surface area (Å²) in [5.41, 5.74) is 2.00. The second-order valence-electron chi connectivity index (χ2n) is 2.31. The maximum atomic E-state index is 9.09. The van der Waals surface area contributed by atoms with E-state index in [1.165, 1.54) is 0 Å². The average molecular weight is 137 g/mol. The predicted molar refractivity (Wildman–Crippen MR) is 42.4 cm³/mol. The highest BCUT2D eigenvalue weighted by Crippen LogP contribution is 2.17. The summed E-state index contributed by atoms with van der Waals surface area (Å²) < 4.78 is 0. The van der Waals surface area contributed by atoms with Gasteiger partial charge in [-0.3, -0.25) is 0 Å². The van der Waals surface area contributed by atoms with Crippen LogP contribution < -0.4 is 5.32 Å². The number of phenols is 1. The lowest BCUT2D eigenvalue weighted by Crippen LogP contribution is -1.87. The van der Waals surface area contributed by atoms with Crippen LogP contribution in [0, 0.1) is 6.92 Å². The average Bonchev–Trinajstić information content (AvgIpc) is 1.85. The first-order valence-electron chi connectivity index (χ1n) is 3.21. The fourth-order valence-corrected chi connectivity index (χ4v) is 0.907. The Bertz CT molecular complexity index is 212. The molecule has 2 nitrogen and oxygen atoms in total. The van der Waals surface area contributed by atoms with Crippen molar-refractivity contribution in [1.29, 1.82) is 0 Å². The van der Waals surface area contributed by atoms with Gasteiger partial charge in [-0.25, -0.2) is 0 Å². The number of hydrogen-bond acceptors (Lipinski definition) is 2. The lowest BCUT2D eigenvalue weighted by Gasteiger charge is -2.01. The van der Waals surface area contributed by atoms with Gasteiger partial charge in [-0.2, -0.15) is 0 Å². The summed E-state index contributed by atoms with van der Waals surface area (Å²) in [6.45, 7) is 1.94. The highest BCUT2D eigenvalue weighted by atomic mass is 16.3. The number of hydrogen-bond donors (Lipinski definition) is 2. The summed E-state index contributed by atoms with van der Waals surface area (Å²) in [5.74, 6) is 0.310. The van der Waals surface area contributed by atoms with E-state index in [0.717, 1.165) is 11.3 Å². The van der Waals surface area contributed by atoms with Gasteiger partial charge in [0.15, 0.2) is 0 Å². The molecule has 0 aliphatic carbocycles. The number of phenolic OH excluding ortho intramolecular Hbond substituents is 1. The second kappa shape index (κ2) is 2.60. The molecule has 0 amide bonds. The van der Waals surface area contributed by atoms with Crippen LogP contribution in [0.25, 0.3) is 0 Å². The second-order valence-corrected chi connectivity index (χ2v) is 2.31. The maximum Gasteiger partial charge on any atom is 0.117 e. The molecule has 10 heavy (non-hydrogen) atoms. The summed E-state index contributed by atoms with van der Waals surface area (Å²) >= 11 is 0. The molecule has 1 aromatic carbocycles. The molecule has 0 atom stereocenters. The van der Waals surface area contributed by atoms with Gasteiger partial charge in [0.1, 0.15) is 5.75 Å². The Labute approximate surface area is 60.5 Å². The van der Waals surface area contributed by atoms with Crippen molar-refractivity contribution in [3.63, 3.8) is 0 Å². The van der Waals surface area contributed by atoms with Crippen LogP contribution in [-0.2, 0) is 0 Å². The lowest BCUT2D eigenvalue weighted by atomic mass is 10.2. The van der Waals surface area contributed by atoms with Gasteiger partial charge in [0, 0.05) is 18.8 Å². The van der Waals surface area contributed by atoms with E-state index in [1.807, 2.05) is 20.0 Å². The molecule has 1 rings (SSSR count). The van der Waals surface area contributed by atoms with Crippen molar-refractivity contribution in [1.82, 2.24) is 0 Å². The van der Waals surface area contributed by atoms with E-state index in [9.17, 15) is 0 Å². The maximum absolute atomic E-state index is 9.09. The summed E-state index contributed by atoms with van der Waals surface area (Å²) in [6, 6.07) is 5.38. The molecule has 54 valence electrons. The number of nitrogens with one attached hydrogen (secondary N) is 1. The molecule has 0 saturated heterocycles. The van der Waals surface area contributed by atoms with Gasteiger partial charge >= 0.3 is 0 Å². The summed E-state index contributed by atoms with van der Waals surface area (Å²) in [5, 5.41) is 12.0. The first kappa shape index (κ1) is 6.93. The molecule has 0 aliphatic heterocycles. The Morgan fingerprint density at radius 1 is 1.30 bits per heavy atom. The van der Waals surface area contributed by atoms with Gasteiger partial charge in [0.2, 0.25) is 0 Å². The SMILES string of the molecule is CNc1cc(C)cc(O)c1. The van der Waals surface area contributed by atoms with Crippen molar-refractivity contribution in [2.45, 2.75) is 6.92 Å². The highest BCUT2D eigenvalue weighted by Gasteiger charge is 1.92. The number of aromatic hydroxyl groups is 1. The van der Waals surface area contributed by atoms with E-state index in [-0.39, 0.29) is 0 Å². The van der Waals surface area contributed by atoms with Crippen LogP contribution in [0.1, 0.15) is 5.56 Å². The highest BCUT2D eigenvalue weighted by molar-refractivity contribution is 5.49. The van der Waals surface area contributed by atoms with Crippen LogP contribution in [0.2, 0.25) is 0 Å². The Hall–Kier alpha value is -1.18. The van der Waals surface area contributed by atoms with E-state index in [0.29, 0.717) is 5.75 Å². The fourth-order valence-electron chi connectivity index (χ4n) is 0.907. The van der Waals surface area contributed by atoms with Gasteiger partial charge in [-0.1, -0.05) is 0 Å². The van der Waals surface area contributed by atoms with Crippen molar-refractivity contribution in [2.24, 2.45) is 0 Å². The van der Waals surface area contributed by atoms with Gasteiger partial charge in [0.05, 0.1) is 0 Å². The molecule has 2 heteroatoms. The lowest BCUT2D eigenvalue weighted by molar-refractivity contribution is 0.475. The Morgan fingerprint density at radius 2 is 2.00 bits per heavy atom. The molecule has 0 saturated carbocycles. The molecule has 0 radical (unpaired) electrons. The summed E-state index contributed by atoms with van der Waals surface area (Å²) in [4.78, 5) is 0. The minimum atomic E-state index is 0.310. The van der Waals surface area contributed by atoms with Crippen molar-refractivity contribution in [2.75, 3.05) is 12.4 Å². The third-order valence-corrected chi connectivity index (χ3v) is 1.35. The van der Waals surface area contributed by atoms with Crippen LogP contribution >= 0.6 is 0 Å². The third kappa shape index (κ3) is 1.41. The van der Waals surface area contributed by atoms with Crippen molar-refractivity contribution >= 4 is 5.69 Å². The summed E-state index contributed by atoms with van der Waals surface area (Å²) in [7, 11) is 1.83. The summed E-state index contributed by atoms with van der Waals surface area (Å²) in [6.07, 6.45) is 0. The molecule has 0 aliphatic rings. The quantitative estimate of drug-likeness (QED) is 0.618. The first-order chi connectivity index (χ1) is 4.72. The molecule has 0 fully saturated rings. The number of rotatable bonds is 1. The van der Waals surface area contributed by atoms with Gasteiger partial charge in [0.25, 0.3) is 0 Å². The van der Waals surface area contributed by atoms with Crippen molar-refractivity contribution < 1.29 is 5.11 Å². The zero-order chi connectivity index (χ0) is 7.56. The van der Waals surface area contributed by atoms with E-state index >= 15 is 0 Å². The van der Waals surface area contributed by atoms with E-state index in [4.69, 9.17) is 5.11 Å². The fraction of sp³-hybridized carbons (Fsp3) is 0.250. The molecule has 0 heterocycles. The molecule has 2 N–H and O–H groups in total. The van der Waals surface area contributed by atoms with E-state index in [1.54, 1.807) is 12.1 Å². The van der Waals surface area contributed by atoms with Crippen molar-refractivity contribution in [3.05, 3.63) is 23.8 Å². The van der Waals surface area contributed by atoms with Crippen LogP contribution in [0.3, 0.4) is 0 Å². The molecular formula is C8H11NO. The Kier molecular flexibility index (Phi) is 1.81. The van der Waals surface area contributed by atoms with Crippen LogP contribution in [0.5, 0.6) is 5.75 Å². The monoisotopic (exact) mass is 137 g/mol. The van der Waals surface area contributed by atoms with Gasteiger partial charge in [-0.05, 0) is 24.6 Å². The normalized spacial score (nSPS) is 9.40. The minimum Gasteiger partial charge on any atom is -0.508 e. The number of anilines is 1. The standard InChI is InChI=1S/C8H11NO/c1-6-3-7(9-2)5-8(10)4-6/h3-5,9-10H,1-2H3. The molecular weight excluding hydrogens is 126 g/mol. The first-order valence-corrected chi connectivity index (χ1v) is 3.21. The largest absolute Gasteiger partial charge is 0.508 e. The number of benzene rings is 1. The Morgan fingerprint density at radius 3 is 2.50 bits per heavy atom. The molecule has 0 aromatic heterocycles. The van der Waals surface area contributed by atoms with Gasteiger partial charge in [-0.15, -0.1) is 0 Å². The van der Waals surface area contributed by atoms with E-state index < -0.39 is 0 Å². The minimum absolute atomic E-state index is 0.310. The van der Waals surface area contributed by atoms with Crippen LogP contribution in [-0.4, -0.2) is 12.2 Å². The topological polar surface area (TPSA) is 32.3 Å². The molecule has 1 aromatic rings. The molecule has 0 bridgehead atoms. The van der Waals surface area contributed by atoms with Crippen LogP contribution in [0.15, 0.2) is 18.2 Å². The predicted octanol–water partition coefficient (Wildman–Crippen LogP) is 1.74. The zero-order valence-corrected chi connectivity index (χ0v) is 6.18. The van der Waals surface area contributed by atoms with E-state index in [2.05, 4.69) is 5.32 Å². The third-order valence-electron chi connectivity index (χ3n) is 1.35.